The number of nitrogens with zero attached hydrogens (tertiary/aromatic N) is 1. The Kier molecular flexibility index (Phi) is 4.44. The fourth-order valence-corrected chi connectivity index (χ4v) is 2.83. The number of carbonyl (C=O) groups is 1. The van der Waals surface area contributed by atoms with E-state index in [-0.39, 0.29) is 0 Å². The molecule has 1 aliphatic heterocycles. The number of hydrogen-bond donors (Lipinski definition) is 0. The lowest BCUT2D eigenvalue weighted by molar-refractivity contribution is -0.131. The number of hydrogen-bond acceptors (Lipinski definition) is 1. The average molecular weight is 221 g/mol. The topological polar surface area (TPSA) is 20.3 Å². The van der Waals surface area contributed by atoms with E-state index in [9.17, 15) is 4.79 Å². The molecule has 0 spiro atoms. The third-order valence-electron chi connectivity index (χ3n) is 3.90. The molecule has 1 fully saturated rings. The Balaban J connectivity index is 1.68. The minimum absolute atomic E-state index is 0.370. The van der Waals surface area contributed by atoms with Gasteiger partial charge in [0.25, 0.3) is 0 Å². The van der Waals surface area contributed by atoms with Crippen molar-refractivity contribution in [2.24, 2.45) is 5.92 Å². The lowest BCUT2D eigenvalue weighted by Crippen LogP contribution is -2.33. The second-order valence-corrected chi connectivity index (χ2v) is 5.14. The van der Waals surface area contributed by atoms with Crippen LogP contribution in [0.3, 0.4) is 0 Å². The number of carbonyl (C=O) groups excluding carboxylic acids is 1. The molecule has 0 atom stereocenters. The van der Waals surface area contributed by atoms with Gasteiger partial charge in [0.05, 0.1) is 0 Å². The predicted octanol–water partition coefficient (Wildman–Crippen LogP) is 3.14. The normalized spacial score (nSPS) is 22.4. The fraction of sp³-hybridized carbons (Fsp3) is 0.786. The summed E-state index contributed by atoms with van der Waals surface area (Å²) < 4.78 is 0. The molecule has 0 radical (unpaired) electrons. The Morgan fingerprint density at radius 1 is 1.19 bits per heavy atom. The van der Waals surface area contributed by atoms with E-state index in [1.807, 2.05) is 4.90 Å². The molecule has 0 aromatic heterocycles. The van der Waals surface area contributed by atoms with Crippen LogP contribution in [0, 0.1) is 5.92 Å². The first-order valence-corrected chi connectivity index (χ1v) is 6.79. The maximum Gasteiger partial charge on any atom is 0.222 e. The van der Waals surface area contributed by atoms with E-state index < -0.39 is 0 Å². The molecule has 0 N–H and O–H groups in total. The Labute approximate surface area is 98.7 Å². The van der Waals surface area contributed by atoms with E-state index in [0.29, 0.717) is 5.91 Å². The number of rotatable bonds is 3. The molecule has 1 amide bonds. The molecule has 2 aliphatic rings. The van der Waals surface area contributed by atoms with Crippen molar-refractivity contribution in [3.05, 3.63) is 12.2 Å². The van der Waals surface area contributed by atoms with Crippen LogP contribution >= 0.6 is 0 Å². The highest BCUT2D eigenvalue weighted by Gasteiger charge is 2.18. The van der Waals surface area contributed by atoms with Gasteiger partial charge in [0, 0.05) is 19.5 Å². The minimum atomic E-state index is 0.370. The summed E-state index contributed by atoms with van der Waals surface area (Å²) in [5.41, 5.74) is 0. The molecule has 90 valence electrons. The van der Waals surface area contributed by atoms with Crippen molar-refractivity contribution in [3.63, 3.8) is 0 Å². The molecular formula is C14H23NO. The van der Waals surface area contributed by atoms with Crippen LogP contribution in [0.25, 0.3) is 0 Å². The van der Waals surface area contributed by atoms with E-state index in [4.69, 9.17) is 0 Å². The molecule has 16 heavy (non-hydrogen) atoms. The Morgan fingerprint density at radius 3 is 2.69 bits per heavy atom. The first kappa shape index (κ1) is 11.7. The van der Waals surface area contributed by atoms with Gasteiger partial charge in [-0.3, -0.25) is 4.79 Å². The highest BCUT2D eigenvalue weighted by atomic mass is 16.2. The maximum absolute atomic E-state index is 11.9. The molecular weight excluding hydrogens is 198 g/mol. The molecule has 0 aromatic carbocycles. The highest BCUT2D eigenvalue weighted by Crippen LogP contribution is 2.27. The van der Waals surface area contributed by atoms with Gasteiger partial charge in [-0.25, -0.2) is 0 Å². The van der Waals surface area contributed by atoms with Gasteiger partial charge in [0.2, 0.25) is 5.91 Å². The van der Waals surface area contributed by atoms with E-state index in [1.54, 1.807) is 0 Å². The summed E-state index contributed by atoms with van der Waals surface area (Å²) in [5, 5.41) is 0. The van der Waals surface area contributed by atoms with Crippen molar-refractivity contribution in [1.29, 1.82) is 0 Å². The molecule has 0 unspecified atom stereocenters. The second-order valence-electron chi connectivity index (χ2n) is 5.14. The van der Waals surface area contributed by atoms with Crippen LogP contribution in [0.2, 0.25) is 0 Å². The van der Waals surface area contributed by atoms with Gasteiger partial charge in [0.1, 0.15) is 0 Å². The molecule has 1 aliphatic carbocycles. The zero-order valence-corrected chi connectivity index (χ0v) is 10.2. The van der Waals surface area contributed by atoms with Gasteiger partial charge in [0.15, 0.2) is 0 Å². The number of amides is 1. The largest absolute Gasteiger partial charge is 0.339 e. The van der Waals surface area contributed by atoms with E-state index in [0.717, 1.165) is 38.3 Å². The third kappa shape index (κ3) is 3.36. The first-order valence-electron chi connectivity index (χ1n) is 6.79. The molecule has 0 bridgehead atoms. The van der Waals surface area contributed by atoms with Crippen LogP contribution in [0.5, 0.6) is 0 Å². The van der Waals surface area contributed by atoms with E-state index in [2.05, 4.69) is 12.2 Å². The van der Waals surface area contributed by atoms with Gasteiger partial charge >= 0.3 is 0 Å². The quantitative estimate of drug-likeness (QED) is 0.670. The Morgan fingerprint density at radius 2 is 2.00 bits per heavy atom. The van der Waals surface area contributed by atoms with Crippen LogP contribution in [0.15, 0.2) is 12.2 Å². The first-order chi connectivity index (χ1) is 7.86. The van der Waals surface area contributed by atoms with Crippen molar-refractivity contribution in [2.45, 2.75) is 51.4 Å². The summed E-state index contributed by atoms with van der Waals surface area (Å²) in [5.74, 6) is 1.20. The van der Waals surface area contributed by atoms with Crippen molar-refractivity contribution < 1.29 is 4.79 Å². The van der Waals surface area contributed by atoms with Crippen molar-refractivity contribution in [2.75, 3.05) is 13.1 Å². The zero-order valence-electron chi connectivity index (χ0n) is 10.2. The van der Waals surface area contributed by atoms with Crippen LogP contribution in [-0.2, 0) is 4.79 Å². The standard InChI is InChI=1S/C14H23NO/c16-14(15-11-5-2-6-12-15)10-9-13-7-3-1-4-8-13/h2,5,13H,1,3-4,6-12H2. The summed E-state index contributed by atoms with van der Waals surface area (Å²) in [4.78, 5) is 13.9. The lowest BCUT2D eigenvalue weighted by atomic mass is 9.86. The van der Waals surface area contributed by atoms with Crippen molar-refractivity contribution in [3.8, 4) is 0 Å². The summed E-state index contributed by atoms with van der Waals surface area (Å²) >= 11 is 0. The highest BCUT2D eigenvalue weighted by molar-refractivity contribution is 5.76. The van der Waals surface area contributed by atoms with Gasteiger partial charge in [-0.2, -0.15) is 0 Å². The van der Waals surface area contributed by atoms with Gasteiger partial charge in [-0.05, 0) is 18.8 Å². The Hall–Kier alpha value is -0.790. The summed E-state index contributed by atoms with van der Waals surface area (Å²) in [6.07, 6.45) is 14.1. The molecule has 2 rings (SSSR count). The van der Waals surface area contributed by atoms with Crippen LogP contribution in [-0.4, -0.2) is 23.9 Å². The Bertz CT molecular complexity index is 253. The summed E-state index contributed by atoms with van der Waals surface area (Å²) in [6.45, 7) is 1.77. The third-order valence-corrected chi connectivity index (χ3v) is 3.90. The maximum atomic E-state index is 11.9. The molecule has 2 nitrogen and oxygen atoms in total. The van der Waals surface area contributed by atoms with Gasteiger partial charge in [-0.1, -0.05) is 44.3 Å². The van der Waals surface area contributed by atoms with Crippen LogP contribution in [0.1, 0.15) is 51.4 Å². The molecule has 1 heterocycles. The van der Waals surface area contributed by atoms with Gasteiger partial charge < -0.3 is 4.90 Å². The SMILES string of the molecule is O=C(CCC1CCCCC1)N1CC=CCC1. The van der Waals surface area contributed by atoms with Gasteiger partial charge in [-0.15, -0.1) is 0 Å². The van der Waals surface area contributed by atoms with Crippen molar-refractivity contribution >= 4 is 5.91 Å². The molecule has 2 heteroatoms. The summed E-state index contributed by atoms with van der Waals surface area (Å²) in [6, 6.07) is 0. The smallest absolute Gasteiger partial charge is 0.222 e. The molecule has 1 saturated carbocycles. The summed E-state index contributed by atoms with van der Waals surface area (Å²) in [7, 11) is 0. The molecule has 0 saturated heterocycles. The lowest BCUT2D eigenvalue weighted by Gasteiger charge is -2.25. The van der Waals surface area contributed by atoms with E-state index in [1.165, 1.54) is 32.1 Å². The van der Waals surface area contributed by atoms with Crippen molar-refractivity contribution in [1.82, 2.24) is 4.90 Å². The van der Waals surface area contributed by atoms with Crippen LogP contribution in [0.4, 0.5) is 0 Å². The van der Waals surface area contributed by atoms with Crippen LogP contribution < -0.4 is 0 Å². The molecule has 0 aromatic rings. The average Bonchev–Trinajstić information content (AvgIpc) is 2.38. The minimum Gasteiger partial charge on any atom is -0.339 e. The monoisotopic (exact) mass is 221 g/mol. The second kappa shape index (κ2) is 6.07. The zero-order chi connectivity index (χ0) is 11.2. The van der Waals surface area contributed by atoms with E-state index >= 15 is 0 Å². The predicted molar refractivity (Wildman–Crippen MR) is 66.1 cm³/mol. The fourth-order valence-electron chi connectivity index (χ4n) is 2.83.